The second-order valence-corrected chi connectivity index (χ2v) is 2.72. The van der Waals surface area contributed by atoms with Crippen LogP contribution in [0.4, 0.5) is 18.9 Å². The lowest BCUT2D eigenvalue weighted by molar-refractivity contribution is -0.274. The van der Waals surface area contributed by atoms with Crippen LogP contribution in [-0.2, 0) is 4.79 Å². The number of carbonyl (C=O) groups excluding carboxylic acids is 1. The molecule has 0 radical (unpaired) electrons. The van der Waals surface area contributed by atoms with Gasteiger partial charge in [-0.2, -0.15) is 4.99 Å². The van der Waals surface area contributed by atoms with Crippen molar-refractivity contribution in [2.75, 3.05) is 0 Å². The Hall–Kier alpha value is -1.81. The smallest absolute Gasteiger partial charge is 0.403 e. The summed E-state index contributed by atoms with van der Waals surface area (Å²) in [5, 5.41) is 0. The van der Waals surface area contributed by atoms with Gasteiger partial charge in [0.1, 0.15) is 5.69 Å². The molecule has 0 aliphatic heterocycles. The molecule has 0 bridgehead atoms. The maximum Gasteiger partial charge on any atom is 0.573 e. The Bertz CT molecular complexity index is 408. The number of isocyanates is 1. The molecule has 0 heterocycles. The summed E-state index contributed by atoms with van der Waals surface area (Å²) in [7, 11) is 0. The number of halogens is 3. The van der Waals surface area contributed by atoms with E-state index in [0.717, 1.165) is 6.07 Å². The number of aliphatic imine (C=N–C) groups is 1. The van der Waals surface area contributed by atoms with E-state index in [1.165, 1.54) is 18.2 Å². The topological polar surface area (TPSA) is 38.7 Å². The molecule has 0 aromatic heterocycles. The molecule has 15 heavy (non-hydrogen) atoms. The van der Waals surface area contributed by atoms with Crippen LogP contribution in [0.5, 0.6) is 5.75 Å². The van der Waals surface area contributed by atoms with E-state index in [1.807, 2.05) is 0 Å². The minimum Gasteiger partial charge on any atom is -0.403 e. The van der Waals surface area contributed by atoms with Gasteiger partial charge in [0.25, 0.3) is 0 Å². The molecule has 0 N–H and O–H groups in total. The van der Waals surface area contributed by atoms with Gasteiger partial charge in [0.05, 0.1) is 0 Å². The monoisotopic (exact) mass is 217 g/mol. The van der Waals surface area contributed by atoms with Crippen LogP contribution >= 0.6 is 0 Å². The predicted octanol–water partition coefficient (Wildman–Crippen LogP) is 2.86. The summed E-state index contributed by atoms with van der Waals surface area (Å²) in [5.74, 6) is -0.517. The van der Waals surface area contributed by atoms with Crippen molar-refractivity contribution in [3.8, 4) is 5.75 Å². The molecular weight excluding hydrogens is 211 g/mol. The highest BCUT2D eigenvalue weighted by atomic mass is 19.4. The van der Waals surface area contributed by atoms with Crippen LogP contribution in [0.2, 0.25) is 0 Å². The average molecular weight is 217 g/mol. The van der Waals surface area contributed by atoms with Gasteiger partial charge in [-0.15, -0.1) is 13.2 Å². The zero-order chi connectivity index (χ0) is 11.5. The van der Waals surface area contributed by atoms with E-state index >= 15 is 0 Å². The Morgan fingerprint density at radius 2 is 2.07 bits per heavy atom. The van der Waals surface area contributed by atoms with Gasteiger partial charge >= 0.3 is 6.36 Å². The summed E-state index contributed by atoms with van der Waals surface area (Å²) in [6, 6.07) is 3.82. The number of hydrogen-bond donors (Lipinski definition) is 0. The van der Waals surface area contributed by atoms with Crippen LogP contribution in [-0.4, -0.2) is 12.4 Å². The van der Waals surface area contributed by atoms with Gasteiger partial charge in [0.15, 0.2) is 5.75 Å². The van der Waals surface area contributed by atoms with Crippen molar-refractivity contribution in [3.63, 3.8) is 0 Å². The molecule has 0 unspecified atom stereocenters. The highest BCUT2D eigenvalue weighted by Crippen LogP contribution is 2.32. The fourth-order valence-corrected chi connectivity index (χ4v) is 0.975. The van der Waals surface area contributed by atoms with Crippen molar-refractivity contribution in [3.05, 3.63) is 23.8 Å². The Morgan fingerprint density at radius 3 is 2.60 bits per heavy atom. The molecule has 1 aromatic carbocycles. The second-order valence-electron chi connectivity index (χ2n) is 2.72. The highest BCUT2D eigenvalue weighted by Gasteiger charge is 2.32. The average Bonchev–Trinajstić information content (AvgIpc) is 2.08. The Kier molecular flexibility index (Phi) is 3.11. The van der Waals surface area contributed by atoms with E-state index in [0.29, 0.717) is 5.56 Å². The van der Waals surface area contributed by atoms with Gasteiger partial charge in [-0.3, -0.25) is 0 Å². The number of rotatable bonds is 2. The molecule has 0 aliphatic carbocycles. The molecular formula is C9H6F3NO2. The minimum absolute atomic E-state index is 0.192. The number of nitrogens with zero attached hydrogens (tertiary/aromatic N) is 1. The third-order valence-electron chi connectivity index (χ3n) is 1.51. The van der Waals surface area contributed by atoms with E-state index < -0.39 is 12.1 Å². The lowest BCUT2D eigenvalue weighted by Gasteiger charge is -2.10. The highest BCUT2D eigenvalue weighted by molar-refractivity contribution is 5.58. The third kappa shape index (κ3) is 3.44. The summed E-state index contributed by atoms with van der Waals surface area (Å²) in [4.78, 5) is 13.1. The van der Waals surface area contributed by atoms with E-state index in [1.54, 1.807) is 6.92 Å². The van der Waals surface area contributed by atoms with Crippen molar-refractivity contribution in [2.45, 2.75) is 13.3 Å². The van der Waals surface area contributed by atoms with Gasteiger partial charge in [0.2, 0.25) is 6.08 Å². The summed E-state index contributed by atoms with van der Waals surface area (Å²) < 4.78 is 39.4. The normalized spacial score (nSPS) is 10.7. The molecule has 0 amide bonds. The molecule has 80 valence electrons. The maximum absolute atomic E-state index is 11.9. The van der Waals surface area contributed by atoms with Gasteiger partial charge in [0, 0.05) is 0 Å². The number of benzene rings is 1. The van der Waals surface area contributed by atoms with Crippen LogP contribution in [0.3, 0.4) is 0 Å². The first kappa shape index (κ1) is 11.3. The number of alkyl halides is 3. The molecule has 0 atom stereocenters. The first-order chi connectivity index (χ1) is 6.92. The van der Waals surface area contributed by atoms with Crippen molar-refractivity contribution in [1.29, 1.82) is 0 Å². The molecule has 0 saturated carbocycles. The van der Waals surface area contributed by atoms with Crippen molar-refractivity contribution >= 4 is 11.8 Å². The number of hydrogen-bond acceptors (Lipinski definition) is 3. The zero-order valence-corrected chi connectivity index (χ0v) is 7.63. The molecule has 0 saturated heterocycles. The minimum atomic E-state index is -4.80. The molecule has 1 rings (SSSR count). The van der Waals surface area contributed by atoms with Crippen molar-refractivity contribution in [2.24, 2.45) is 4.99 Å². The predicted molar refractivity (Wildman–Crippen MR) is 45.6 cm³/mol. The van der Waals surface area contributed by atoms with Crippen molar-refractivity contribution < 1.29 is 22.7 Å². The summed E-state index contributed by atoms with van der Waals surface area (Å²) in [6.07, 6.45) is -3.64. The summed E-state index contributed by atoms with van der Waals surface area (Å²) >= 11 is 0. The Labute approximate surface area is 83.2 Å². The van der Waals surface area contributed by atoms with Gasteiger partial charge in [-0.25, -0.2) is 4.79 Å². The van der Waals surface area contributed by atoms with E-state index in [2.05, 4.69) is 9.73 Å². The first-order valence-corrected chi connectivity index (χ1v) is 3.86. The van der Waals surface area contributed by atoms with Crippen LogP contribution in [0, 0.1) is 6.92 Å². The lowest BCUT2D eigenvalue weighted by Crippen LogP contribution is -2.17. The summed E-state index contributed by atoms with van der Waals surface area (Å²) in [6.45, 7) is 1.65. The Morgan fingerprint density at radius 1 is 1.40 bits per heavy atom. The molecule has 0 fully saturated rings. The quantitative estimate of drug-likeness (QED) is 0.564. The Balaban J connectivity index is 3.11. The SMILES string of the molecule is Cc1ccc(OC(F)(F)F)c(N=C=O)c1. The van der Waals surface area contributed by atoms with Gasteiger partial charge < -0.3 is 4.74 Å². The lowest BCUT2D eigenvalue weighted by atomic mass is 10.2. The molecule has 3 nitrogen and oxygen atoms in total. The second kappa shape index (κ2) is 4.14. The molecule has 1 aromatic rings. The number of aryl methyl sites for hydroxylation is 1. The van der Waals surface area contributed by atoms with Crippen LogP contribution in [0.15, 0.2) is 23.2 Å². The van der Waals surface area contributed by atoms with Gasteiger partial charge in [-0.1, -0.05) is 6.07 Å². The largest absolute Gasteiger partial charge is 0.573 e. The summed E-state index contributed by atoms with van der Waals surface area (Å²) in [5.41, 5.74) is 0.473. The van der Waals surface area contributed by atoms with Crippen LogP contribution in [0.25, 0.3) is 0 Å². The maximum atomic E-state index is 11.9. The first-order valence-electron chi connectivity index (χ1n) is 3.86. The van der Waals surface area contributed by atoms with Crippen LogP contribution in [0.1, 0.15) is 5.56 Å². The third-order valence-corrected chi connectivity index (χ3v) is 1.51. The van der Waals surface area contributed by atoms with E-state index in [9.17, 15) is 18.0 Å². The number of ether oxygens (including phenoxy) is 1. The van der Waals surface area contributed by atoms with E-state index in [4.69, 9.17) is 0 Å². The van der Waals surface area contributed by atoms with E-state index in [-0.39, 0.29) is 5.69 Å². The fourth-order valence-electron chi connectivity index (χ4n) is 0.975. The van der Waals surface area contributed by atoms with Crippen LogP contribution < -0.4 is 4.74 Å². The van der Waals surface area contributed by atoms with Gasteiger partial charge in [-0.05, 0) is 24.6 Å². The standard InChI is InChI=1S/C9H6F3NO2/c1-6-2-3-8(15-9(10,11)12)7(4-6)13-5-14/h2-4H,1H3. The fraction of sp³-hybridized carbons (Fsp3) is 0.222. The molecule has 0 spiro atoms. The van der Waals surface area contributed by atoms with Crippen molar-refractivity contribution in [1.82, 2.24) is 0 Å². The molecule has 0 aliphatic rings. The zero-order valence-electron chi connectivity index (χ0n) is 7.63. The molecule has 6 heteroatoms.